The Kier molecular flexibility index (Phi) is 2.42. The Morgan fingerprint density at radius 1 is 1.36 bits per heavy atom. The summed E-state index contributed by atoms with van der Waals surface area (Å²) < 4.78 is 4.42. The molecule has 2 atom stereocenters. The van der Waals surface area contributed by atoms with Crippen LogP contribution in [0.25, 0.3) is 0 Å². The molecule has 0 aliphatic carbocycles. The first-order valence-electron chi connectivity index (χ1n) is 4.58. The van der Waals surface area contributed by atoms with Crippen molar-refractivity contribution in [2.45, 2.75) is 23.8 Å². The van der Waals surface area contributed by atoms with E-state index in [0.717, 1.165) is 9.97 Å². The molecule has 0 N–H and O–H groups in total. The predicted molar refractivity (Wildman–Crippen MR) is 58.6 cm³/mol. The molecule has 0 radical (unpaired) electrons. The van der Waals surface area contributed by atoms with Crippen LogP contribution in [0.1, 0.15) is 19.8 Å². The van der Waals surface area contributed by atoms with E-state index in [4.69, 9.17) is 0 Å². The fourth-order valence-corrected chi connectivity index (χ4v) is 8.31. The molecule has 0 spiro atoms. The Morgan fingerprint density at radius 3 is 2.73 bits per heavy atom. The van der Waals surface area contributed by atoms with Crippen LogP contribution in [0.3, 0.4) is 0 Å². The number of hydrogen-bond donors (Lipinski definition) is 0. The summed E-state index contributed by atoms with van der Waals surface area (Å²) in [5.74, 6) is 1.02. The van der Waals surface area contributed by atoms with E-state index >= 15 is 0 Å². The van der Waals surface area contributed by atoms with Crippen molar-refractivity contribution in [3.63, 3.8) is 0 Å². The van der Waals surface area contributed by atoms with E-state index in [1.807, 2.05) is 0 Å². The summed E-state index contributed by atoms with van der Waals surface area (Å²) >= 11 is -0.332. The van der Waals surface area contributed by atoms with Gasteiger partial charge in [-0.25, -0.2) is 0 Å². The van der Waals surface area contributed by atoms with E-state index in [2.05, 4.69) is 18.9 Å². The first-order chi connectivity index (χ1) is 5.27. The predicted octanol–water partition coefficient (Wildman–Crippen LogP) is 2.19. The molecule has 2 rings (SSSR count). The molecule has 2 unspecified atom stereocenters. The molecule has 2 heterocycles. The topological polar surface area (TPSA) is 3.24 Å². The molecule has 2 saturated heterocycles. The van der Waals surface area contributed by atoms with Gasteiger partial charge in [0.25, 0.3) is 0 Å². The molecule has 2 aliphatic heterocycles. The quantitative estimate of drug-likeness (QED) is 0.400. The van der Waals surface area contributed by atoms with Gasteiger partial charge in [0.15, 0.2) is 0 Å². The van der Waals surface area contributed by atoms with Gasteiger partial charge in [-0.3, -0.25) is 0 Å². The van der Waals surface area contributed by atoms with Crippen molar-refractivity contribution in [1.82, 2.24) is 4.90 Å². The number of piperidine rings is 1. The van der Waals surface area contributed by atoms with Crippen molar-refractivity contribution in [3.8, 4) is 0 Å². The van der Waals surface area contributed by atoms with E-state index in [0.29, 0.717) is 0 Å². The molecule has 0 aromatic carbocycles. The van der Waals surface area contributed by atoms with Crippen molar-refractivity contribution in [2.75, 3.05) is 22.4 Å². The molecule has 0 aromatic heterocycles. The monoisotopic (exact) mass is 267 g/mol. The number of likely N-dealkylation sites (tertiary alicyclic amines) is 1. The van der Waals surface area contributed by atoms with Crippen LogP contribution in [0.5, 0.6) is 0 Å². The van der Waals surface area contributed by atoms with Crippen LogP contribution in [-0.2, 0) is 0 Å². The van der Waals surface area contributed by atoms with Gasteiger partial charge >= 0.3 is 76.9 Å². The Labute approximate surface area is 76.9 Å². The fraction of sp³-hybridized carbons (Fsp3) is 1.00. The molecule has 0 aromatic rings. The van der Waals surface area contributed by atoms with Gasteiger partial charge in [0.05, 0.1) is 0 Å². The summed E-state index contributed by atoms with van der Waals surface area (Å²) in [5.41, 5.74) is 0. The van der Waals surface area contributed by atoms with Crippen LogP contribution in [0.2, 0.25) is 0 Å². The van der Waals surface area contributed by atoms with E-state index < -0.39 is 0 Å². The van der Waals surface area contributed by atoms with Gasteiger partial charge in [-0.1, -0.05) is 0 Å². The van der Waals surface area contributed by atoms with Crippen LogP contribution in [-0.4, -0.2) is 31.4 Å². The molecular formula is C9H18IN. The van der Waals surface area contributed by atoms with Crippen molar-refractivity contribution in [3.05, 3.63) is 0 Å². The Bertz CT molecular complexity index is 144. The maximum atomic E-state index is 2.65. The van der Waals surface area contributed by atoms with Gasteiger partial charge in [0, 0.05) is 0 Å². The van der Waals surface area contributed by atoms with Gasteiger partial charge < -0.3 is 0 Å². The van der Waals surface area contributed by atoms with Crippen molar-refractivity contribution in [2.24, 2.45) is 5.92 Å². The Balaban J connectivity index is 1.93. The second kappa shape index (κ2) is 3.21. The zero-order valence-electron chi connectivity index (χ0n) is 7.52. The molecule has 0 amide bonds. The number of alkyl halides is 3. The van der Waals surface area contributed by atoms with Crippen molar-refractivity contribution < 1.29 is 0 Å². The van der Waals surface area contributed by atoms with Crippen molar-refractivity contribution in [1.29, 1.82) is 0 Å². The van der Waals surface area contributed by atoms with Crippen molar-refractivity contribution >= 4 is 19.8 Å². The summed E-state index contributed by atoms with van der Waals surface area (Å²) in [4.78, 5) is 2.65. The van der Waals surface area contributed by atoms with Crippen LogP contribution >= 0.6 is 19.8 Å². The molecule has 11 heavy (non-hydrogen) atoms. The van der Waals surface area contributed by atoms with Crippen LogP contribution in [0.15, 0.2) is 0 Å². The Hall–Kier alpha value is 0.690. The number of halogens is 1. The molecule has 2 heteroatoms. The fourth-order valence-electron chi connectivity index (χ4n) is 1.85. The van der Waals surface area contributed by atoms with Crippen LogP contribution < -0.4 is 0 Å². The normalized spacial score (nSPS) is 42.5. The van der Waals surface area contributed by atoms with E-state index in [9.17, 15) is 0 Å². The summed E-state index contributed by atoms with van der Waals surface area (Å²) in [6.45, 7) is 3.81. The van der Waals surface area contributed by atoms with Gasteiger partial charge in [0.1, 0.15) is 0 Å². The molecule has 66 valence electrons. The third-order valence-electron chi connectivity index (χ3n) is 2.81. The zero-order valence-corrected chi connectivity index (χ0v) is 9.67. The zero-order chi connectivity index (χ0) is 7.84. The summed E-state index contributed by atoms with van der Waals surface area (Å²) in [6, 6.07) is 0. The first-order valence-corrected chi connectivity index (χ1v) is 8.87. The second-order valence-electron chi connectivity index (χ2n) is 3.92. The van der Waals surface area contributed by atoms with Gasteiger partial charge in [0.2, 0.25) is 0 Å². The van der Waals surface area contributed by atoms with E-state index in [-0.39, 0.29) is 19.8 Å². The molecule has 0 saturated carbocycles. The molecule has 2 fully saturated rings. The number of hydrogen-bond acceptors (Lipinski definition) is 1. The number of rotatable bonds is 1. The minimum atomic E-state index is -0.332. The molecule has 0 bridgehead atoms. The SMILES string of the molecule is CC1CCN(C)C(I2CC2)C1. The Morgan fingerprint density at radius 2 is 2.09 bits per heavy atom. The summed E-state index contributed by atoms with van der Waals surface area (Å²) in [7, 11) is 2.34. The minimum absolute atomic E-state index is 0.332. The number of nitrogens with zero attached hydrogens (tertiary/aromatic N) is 1. The third-order valence-corrected chi connectivity index (χ3v) is 8.63. The molecule has 1 nitrogen and oxygen atoms in total. The summed E-state index contributed by atoms with van der Waals surface area (Å²) in [5, 5.41) is 0. The summed E-state index contributed by atoms with van der Waals surface area (Å²) in [6.07, 6.45) is 2.97. The van der Waals surface area contributed by atoms with Crippen LogP contribution in [0.4, 0.5) is 0 Å². The maximum absolute atomic E-state index is 2.65. The molecule has 2 aliphatic rings. The first kappa shape index (κ1) is 8.30. The van der Waals surface area contributed by atoms with Gasteiger partial charge in [-0.05, 0) is 0 Å². The van der Waals surface area contributed by atoms with Crippen LogP contribution in [0, 0.1) is 5.92 Å². The van der Waals surface area contributed by atoms with Gasteiger partial charge in [-0.2, -0.15) is 0 Å². The average molecular weight is 267 g/mol. The second-order valence-corrected chi connectivity index (χ2v) is 10.4. The van der Waals surface area contributed by atoms with E-state index in [1.165, 1.54) is 19.4 Å². The average Bonchev–Trinajstić information content (AvgIpc) is 2.76. The molecular weight excluding hydrogens is 249 g/mol. The van der Waals surface area contributed by atoms with Gasteiger partial charge in [-0.15, -0.1) is 0 Å². The van der Waals surface area contributed by atoms with E-state index in [1.54, 1.807) is 8.86 Å². The third kappa shape index (κ3) is 1.89. The standard InChI is InChI=1S/C9H18IN/c1-8-3-6-11(2)9(7-8)10-4-5-10/h8-9H,3-7H2,1-2H3.